The van der Waals surface area contributed by atoms with Gasteiger partial charge in [-0.3, -0.25) is 9.79 Å². The fourth-order valence-electron chi connectivity index (χ4n) is 3.90. The maximum atomic E-state index is 12.5. The lowest BCUT2D eigenvalue weighted by atomic mass is 10.1. The van der Waals surface area contributed by atoms with Crippen LogP contribution < -0.4 is 10.6 Å². The third kappa shape index (κ3) is 4.85. The number of carbonyl (C=O) groups excluding carboxylic acids is 1. The van der Waals surface area contributed by atoms with Gasteiger partial charge in [0.15, 0.2) is 5.96 Å². The number of carbonyl (C=O) groups is 1. The maximum absolute atomic E-state index is 12.5. The SMILES string of the molecule is CN=C(NCCCC1CC1)NC1CCN(C(=O)C2CCCC2)C1. The lowest BCUT2D eigenvalue weighted by molar-refractivity contribution is -0.134. The number of rotatable bonds is 6. The molecule has 0 aromatic heterocycles. The Hall–Kier alpha value is -1.26. The van der Waals surface area contributed by atoms with Crippen molar-refractivity contribution in [2.24, 2.45) is 16.8 Å². The first kappa shape index (κ1) is 16.6. The third-order valence-electron chi connectivity index (χ3n) is 5.55. The Balaban J connectivity index is 1.36. The van der Waals surface area contributed by atoms with Crippen LogP contribution in [-0.4, -0.2) is 49.5 Å². The van der Waals surface area contributed by atoms with Gasteiger partial charge in [0.05, 0.1) is 0 Å². The highest BCUT2D eigenvalue weighted by Gasteiger charge is 2.32. The molecule has 1 heterocycles. The number of guanidine groups is 1. The second-order valence-corrected chi connectivity index (χ2v) is 7.48. The summed E-state index contributed by atoms with van der Waals surface area (Å²) in [6.45, 7) is 2.72. The summed E-state index contributed by atoms with van der Waals surface area (Å²) in [7, 11) is 1.83. The van der Waals surface area contributed by atoms with Crippen molar-refractivity contribution in [3.8, 4) is 0 Å². The average molecular weight is 320 g/mol. The van der Waals surface area contributed by atoms with Crippen molar-refractivity contribution in [2.75, 3.05) is 26.7 Å². The largest absolute Gasteiger partial charge is 0.356 e. The van der Waals surface area contributed by atoms with E-state index in [0.717, 1.165) is 50.8 Å². The van der Waals surface area contributed by atoms with Crippen LogP contribution in [0.3, 0.4) is 0 Å². The predicted octanol–water partition coefficient (Wildman–Crippen LogP) is 2.13. The molecule has 2 N–H and O–H groups in total. The van der Waals surface area contributed by atoms with Crippen molar-refractivity contribution in [1.29, 1.82) is 0 Å². The van der Waals surface area contributed by atoms with Crippen molar-refractivity contribution in [1.82, 2.24) is 15.5 Å². The monoisotopic (exact) mass is 320 g/mol. The second-order valence-electron chi connectivity index (χ2n) is 7.48. The van der Waals surface area contributed by atoms with Crippen LogP contribution in [-0.2, 0) is 4.79 Å². The van der Waals surface area contributed by atoms with E-state index in [1.54, 1.807) is 0 Å². The molecular weight excluding hydrogens is 288 g/mol. The molecule has 0 spiro atoms. The summed E-state index contributed by atoms with van der Waals surface area (Å²) in [5.41, 5.74) is 0. The molecule has 1 unspecified atom stereocenters. The van der Waals surface area contributed by atoms with Crippen LogP contribution in [0.4, 0.5) is 0 Å². The molecule has 3 rings (SSSR count). The summed E-state index contributed by atoms with van der Waals surface area (Å²) in [6.07, 6.45) is 11.1. The minimum Gasteiger partial charge on any atom is -0.356 e. The van der Waals surface area contributed by atoms with Gasteiger partial charge in [-0.25, -0.2) is 0 Å². The van der Waals surface area contributed by atoms with Crippen LogP contribution >= 0.6 is 0 Å². The summed E-state index contributed by atoms with van der Waals surface area (Å²) in [6, 6.07) is 0.343. The molecule has 2 aliphatic carbocycles. The van der Waals surface area contributed by atoms with E-state index in [1.165, 1.54) is 38.5 Å². The number of hydrogen-bond acceptors (Lipinski definition) is 2. The molecule has 2 saturated carbocycles. The number of aliphatic imine (C=N–C) groups is 1. The highest BCUT2D eigenvalue weighted by molar-refractivity contribution is 5.81. The van der Waals surface area contributed by atoms with E-state index < -0.39 is 0 Å². The van der Waals surface area contributed by atoms with Gasteiger partial charge in [-0.15, -0.1) is 0 Å². The minimum atomic E-state index is 0.300. The Morgan fingerprint density at radius 2 is 1.96 bits per heavy atom. The lowest BCUT2D eigenvalue weighted by Gasteiger charge is -2.21. The summed E-state index contributed by atoms with van der Waals surface area (Å²) in [5.74, 6) is 2.57. The molecule has 23 heavy (non-hydrogen) atoms. The van der Waals surface area contributed by atoms with E-state index in [1.807, 2.05) is 7.05 Å². The van der Waals surface area contributed by atoms with E-state index in [2.05, 4.69) is 20.5 Å². The van der Waals surface area contributed by atoms with E-state index in [9.17, 15) is 4.79 Å². The lowest BCUT2D eigenvalue weighted by Crippen LogP contribution is -2.45. The van der Waals surface area contributed by atoms with Crippen LogP contribution in [0.15, 0.2) is 4.99 Å². The van der Waals surface area contributed by atoms with Crippen molar-refractivity contribution < 1.29 is 4.79 Å². The number of likely N-dealkylation sites (tertiary alicyclic amines) is 1. The van der Waals surface area contributed by atoms with E-state index in [0.29, 0.717) is 17.9 Å². The molecule has 0 radical (unpaired) electrons. The van der Waals surface area contributed by atoms with Crippen molar-refractivity contribution in [3.05, 3.63) is 0 Å². The Labute approximate surface area is 140 Å². The Kier molecular flexibility index (Phi) is 5.79. The average Bonchev–Trinajstić information content (AvgIpc) is 3.05. The van der Waals surface area contributed by atoms with E-state index in [-0.39, 0.29) is 0 Å². The van der Waals surface area contributed by atoms with Crippen LogP contribution in [0.2, 0.25) is 0 Å². The molecule has 5 nitrogen and oxygen atoms in total. The quantitative estimate of drug-likeness (QED) is 0.448. The zero-order valence-electron chi connectivity index (χ0n) is 14.5. The number of amides is 1. The van der Waals surface area contributed by atoms with Gasteiger partial charge in [-0.2, -0.15) is 0 Å². The van der Waals surface area contributed by atoms with Gasteiger partial charge in [-0.1, -0.05) is 25.7 Å². The number of nitrogens with one attached hydrogen (secondary N) is 2. The predicted molar refractivity (Wildman–Crippen MR) is 93.4 cm³/mol. The molecule has 1 aliphatic heterocycles. The molecular formula is C18H32N4O. The fourth-order valence-corrected chi connectivity index (χ4v) is 3.90. The van der Waals surface area contributed by atoms with Crippen molar-refractivity contribution >= 4 is 11.9 Å². The van der Waals surface area contributed by atoms with Crippen molar-refractivity contribution in [2.45, 2.75) is 63.8 Å². The molecule has 1 amide bonds. The van der Waals surface area contributed by atoms with Gasteiger partial charge >= 0.3 is 0 Å². The Morgan fingerprint density at radius 3 is 2.65 bits per heavy atom. The van der Waals surface area contributed by atoms with Crippen molar-refractivity contribution in [3.63, 3.8) is 0 Å². The fraction of sp³-hybridized carbons (Fsp3) is 0.889. The molecule has 1 saturated heterocycles. The Morgan fingerprint density at radius 1 is 1.17 bits per heavy atom. The van der Waals surface area contributed by atoms with Gasteiger partial charge in [0, 0.05) is 38.6 Å². The molecule has 5 heteroatoms. The van der Waals surface area contributed by atoms with Crippen LogP contribution in [0.25, 0.3) is 0 Å². The second kappa shape index (κ2) is 8.02. The normalized spacial score (nSPS) is 25.9. The summed E-state index contributed by atoms with van der Waals surface area (Å²) in [5, 5.41) is 6.90. The van der Waals surface area contributed by atoms with Gasteiger partial charge in [-0.05, 0) is 38.0 Å². The topological polar surface area (TPSA) is 56.7 Å². The highest BCUT2D eigenvalue weighted by atomic mass is 16.2. The summed E-state index contributed by atoms with van der Waals surface area (Å²) in [4.78, 5) is 18.9. The van der Waals surface area contributed by atoms with Crippen LogP contribution in [0.1, 0.15) is 57.8 Å². The van der Waals surface area contributed by atoms with Gasteiger partial charge in [0.2, 0.25) is 5.91 Å². The highest BCUT2D eigenvalue weighted by Crippen LogP contribution is 2.33. The molecule has 0 aromatic carbocycles. The molecule has 0 aromatic rings. The first-order chi connectivity index (χ1) is 11.3. The molecule has 130 valence electrons. The third-order valence-corrected chi connectivity index (χ3v) is 5.55. The number of nitrogens with zero attached hydrogens (tertiary/aromatic N) is 2. The maximum Gasteiger partial charge on any atom is 0.225 e. The zero-order chi connectivity index (χ0) is 16.1. The summed E-state index contributed by atoms with van der Waals surface area (Å²) < 4.78 is 0. The smallest absolute Gasteiger partial charge is 0.225 e. The standard InChI is InChI=1S/C18H32N4O/c1-19-18(20-11-4-5-14-8-9-14)21-16-10-12-22(13-16)17(23)15-6-2-3-7-15/h14-16H,2-13H2,1H3,(H2,19,20,21). The zero-order valence-corrected chi connectivity index (χ0v) is 14.5. The molecule has 0 bridgehead atoms. The van der Waals surface area contributed by atoms with Gasteiger partial charge in [0.1, 0.15) is 0 Å². The van der Waals surface area contributed by atoms with Gasteiger partial charge < -0.3 is 15.5 Å². The minimum absolute atomic E-state index is 0.300. The first-order valence-electron chi connectivity index (χ1n) is 9.52. The van der Waals surface area contributed by atoms with Crippen LogP contribution in [0.5, 0.6) is 0 Å². The molecule has 3 fully saturated rings. The molecule has 1 atom stereocenters. The number of hydrogen-bond donors (Lipinski definition) is 2. The summed E-state index contributed by atoms with van der Waals surface area (Å²) >= 11 is 0. The first-order valence-corrected chi connectivity index (χ1v) is 9.52. The van der Waals surface area contributed by atoms with Crippen LogP contribution in [0, 0.1) is 11.8 Å². The van der Waals surface area contributed by atoms with E-state index in [4.69, 9.17) is 0 Å². The molecule has 3 aliphatic rings. The van der Waals surface area contributed by atoms with Gasteiger partial charge in [0.25, 0.3) is 0 Å². The van der Waals surface area contributed by atoms with E-state index >= 15 is 0 Å². The Bertz CT molecular complexity index is 427.